The minimum atomic E-state index is -0.752. The molecule has 0 saturated heterocycles. The second-order valence-corrected chi connectivity index (χ2v) is 9.01. The van der Waals surface area contributed by atoms with Gasteiger partial charge in [-0.1, -0.05) is 29.3 Å². The molecule has 0 radical (unpaired) electrons. The molecule has 0 amide bonds. The normalized spacial score (nSPS) is 15.0. The van der Waals surface area contributed by atoms with Crippen molar-refractivity contribution in [2.45, 2.75) is 19.4 Å². The van der Waals surface area contributed by atoms with Crippen molar-refractivity contribution in [3.05, 3.63) is 78.1 Å². The molecule has 0 fully saturated rings. The van der Waals surface area contributed by atoms with Gasteiger partial charge in [0.05, 0.1) is 16.7 Å². The van der Waals surface area contributed by atoms with Crippen molar-refractivity contribution in [2.24, 2.45) is 0 Å². The van der Waals surface area contributed by atoms with Gasteiger partial charge >= 0.3 is 0 Å². The third-order valence-electron chi connectivity index (χ3n) is 6.17. The number of benzene rings is 1. The number of nitrogens with zero attached hydrogens (tertiary/aromatic N) is 2. The summed E-state index contributed by atoms with van der Waals surface area (Å²) in [5.74, 6) is -0.338. The van der Waals surface area contributed by atoms with Crippen LogP contribution in [0.5, 0.6) is 5.75 Å². The molecule has 0 saturated carbocycles. The summed E-state index contributed by atoms with van der Waals surface area (Å²) in [6, 6.07) is 2.58. The zero-order chi connectivity index (χ0) is 25.0. The van der Waals surface area contributed by atoms with E-state index in [4.69, 9.17) is 43.8 Å². The molecule has 5 rings (SSSR count). The molecule has 0 spiro atoms. The number of hydrogen-bond donors (Lipinski definition) is 2. The molecule has 0 aliphatic carbocycles. The van der Waals surface area contributed by atoms with Crippen molar-refractivity contribution < 1.29 is 13.5 Å². The highest BCUT2D eigenvalue weighted by Crippen LogP contribution is 2.41. The number of nitrogen functional groups attached to an aromatic ring is 2. The lowest BCUT2D eigenvalue weighted by atomic mass is 9.98. The van der Waals surface area contributed by atoms with Gasteiger partial charge in [-0.15, -0.1) is 0 Å². The smallest absolute Gasteiger partial charge is 0.253 e. The van der Waals surface area contributed by atoms with Crippen molar-refractivity contribution in [1.29, 1.82) is 0 Å². The van der Waals surface area contributed by atoms with Gasteiger partial charge in [-0.05, 0) is 31.1 Å². The van der Waals surface area contributed by atoms with Gasteiger partial charge in [-0.25, -0.2) is 9.37 Å². The largest absolute Gasteiger partial charge is 0.478 e. The summed E-state index contributed by atoms with van der Waals surface area (Å²) in [4.78, 5) is 29.3. The van der Waals surface area contributed by atoms with Crippen molar-refractivity contribution in [2.75, 3.05) is 29.5 Å². The van der Waals surface area contributed by atoms with Gasteiger partial charge in [-0.2, -0.15) is 0 Å². The number of anilines is 3. The molecule has 0 unspecified atom stereocenters. The molecule has 0 bridgehead atoms. The zero-order valence-electron chi connectivity index (χ0n) is 18.4. The van der Waals surface area contributed by atoms with Crippen molar-refractivity contribution in [3.8, 4) is 5.75 Å². The molecule has 4 aromatic rings. The van der Waals surface area contributed by atoms with E-state index >= 15 is 0 Å². The van der Waals surface area contributed by atoms with E-state index in [1.807, 2.05) is 6.08 Å². The van der Waals surface area contributed by atoms with Crippen LogP contribution in [0.4, 0.5) is 21.6 Å². The van der Waals surface area contributed by atoms with Crippen molar-refractivity contribution >= 4 is 56.9 Å². The molecule has 4 N–H and O–H groups in total. The van der Waals surface area contributed by atoms with Gasteiger partial charge in [0.15, 0.2) is 11.4 Å². The number of ether oxygens (including phenoxy) is 1. The highest BCUT2D eigenvalue weighted by atomic mass is 35.5. The average molecular weight is 517 g/mol. The first-order valence-electron chi connectivity index (χ1n) is 10.7. The highest BCUT2D eigenvalue weighted by Gasteiger charge is 2.27. The first kappa shape index (κ1) is 23.2. The van der Waals surface area contributed by atoms with Crippen LogP contribution in [0, 0.1) is 5.82 Å². The minimum Gasteiger partial charge on any atom is -0.478 e. The fraction of sp³-hybridized carbons (Fsp3) is 0.208. The van der Waals surface area contributed by atoms with Gasteiger partial charge in [0.2, 0.25) is 5.75 Å². The number of halogens is 3. The maximum absolute atomic E-state index is 14.0. The van der Waals surface area contributed by atoms with E-state index < -0.39 is 22.8 Å². The highest BCUT2D eigenvalue weighted by molar-refractivity contribution is 6.36. The van der Waals surface area contributed by atoms with Gasteiger partial charge in [0.1, 0.15) is 23.3 Å². The summed E-state index contributed by atoms with van der Waals surface area (Å²) in [6.45, 7) is 2.59. The molecule has 1 atom stereocenters. The van der Waals surface area contributed by atoms with Crippen molar-refractivity contribution in [3.63, 3.8) is 0 Å². The van der Waals surface area contributed by atoms with Gasteiger partial charge < -0.3 is 25.5 Å². The Morgan fingerprint density at radius 2 is 2.00 bits per heavy atom. The Labute approximate surface area is 208 Å². The van der Waals surface area contributed by atoms with Crippen LogP contribution in [0.15, 0.2) is 44.7 Å². The average Bonchev–Trinajstić information content (AvgIpc) is 3.28. The fourth-order valence-electron chi connectivity index (χ4n) is 4.32. The van der Waals surface area contributed by atoms with Crippen LogP contribution in [-0.2, 0) is 0 Å². The van der Waals surface area contributed by atoms with Crippen LogP contribution in [0.3, 0.4) is 0 Å². The first-order chi connectivity index (χ1) is 16.7. The quantitative estimate of drug-likeness (QED) is 0.294. The fourth-order valence-corrected chi connectivity index (χ4v) is 5.00. The van der Waals surface area contributed by atoms with Gasteiger partial charge in [0.25, 0.3) is 10.9 Å². The van der Waals surface area contributed by atoms with Gasteiger partial charge in [0, 0.05) is 35.4 Å². The molecule has 35 heavy (non-hydrogen) atoms. The van der Waals surface area contributed by atoms with E-state index in [0.29, 0.717) is 30.5 Å². The van der Waals surface area contributed by atoms with E-state index in [-0.39, 0.29) is 38.6 Å². The summed E-state index contributed by atoms with van der Waals surface area (Å²) in [5.41, 5.74) is 13.3. The predicted molar refractivity (Wildman–Crippen MR) is 134 cm³/mol. The van der Waals surface area contributed by atoms with E-state index in [9.17, 15) is 14.0 Å². The second kappa shape index (κ2) is 8.58. The van der Waals surface area contributed by atoms with E-state index in [1.165, 1.54) is 12.1 Å². The zero-order valence-corrected chi connectivity index (χ0v) is 19.9. The molecule has 2 aromatic heterocycles. The monoisotopic (exact) mass is 516 g/mol. The molecular weight excluding hydrogens is 498 g/mol. The Balaban J connectivity index is 1.46. The summed E-state index contributed by atoms with van der Waals surface area (Å²) in [6.07, 6.45) is 4.94. The Hall–Kier alpha value is -3.56. The lowest BCUT2D eigenvalue weighted by molar-refractivity contribution is 0.227. The lowest BCUT2D eigenvalue weighted by Crippen LogP contribution is -2.44. The lowest BCUT2D eigenvalue weighted by Gasteiger charge is -2.29. The predicted octanol–water partition coefficient (Wildman–Crippen LogP) is 4.47. The van der Waals surface area contributed by atoms with Gasteiger partial charge in [-0.3, -0.25) is 9.59 Å². The number of hydrogen-bond acceptors (Lipinski definition) is 8. The molecule has 3 heterocycles. The van der Waals surface area contributed by atoms with Crippen LogP contribution < -0.4 is 32.0 Å². The molecule has 180 valence electrons. The topological polar surface area (TPSA) is 125 Å². The standard InChI is InChI=1S/C24H19Cl2FN4O4/c1-10(16-14(25)2-3-15(27)17(16)26)35-23-22-12(8-30-24(23)29)13(9-34-22)11-4-6-31(7-5-11)19-18(28)20(32)21(19)33/h2-4,8-10H,5-7,28H2,1H3,(H2,29,30)/t10-/m1/s1. The number of fused-ring (bicyclic) bond motifs is 1. The number of rotatable bonds is 5. The summed E-state index contributed by atoms with van der Waals surface area (Å²) >= 11 is 12.4. The molecule has 1 aliphatic rings. The Kier molecular flexibility index (Phi) is 5.69. The van der Waals surface area contributed by atoms with Crippen LogP contribution >= 0.6 is 23.2 Å². The van der Waals surface area contributed by atoms with Crippen LogP contribution in [0.1, 0.15) is 30.6 Å². The molecule has 8 nitrogen and oxygen atoms in total. The number of nitrogens with two attached hydrogens (primary N) is 2. The number of aromatic nitrogens is 1. The third kappa shape index (κ3) is 3.71. The van der Waals surface area contributed by atoms with E-state index in [0.717, 1.165) is 11.1 Å². The Morgan fingerprint density at radius 1 is 1.23 bits per heavy atom. The number of furan rings is 1. The summed E-state index contributed by atoms with van der Waals surface area (Å²) in [5, 5.41) is 0.788. The minimum absolute atomic E-state index is 0.00898. The van der Waals surface area contributed by atoms with Crippen LogP contribution in [0.2, 0.25) is 10.0 Å². The maximum Gasteiger partial charge on any atom is 0.253 e. The molecule has 2 aromatic carbocycles. The second-order valence-electron chi connectivity index (χ2n) is 8.23. The SMILES string of the molecule is C[C@@H](Oc1c(N)ncc2c(C3=CCN(c4c(N)c(=O)c4=O)CC3)coc12)c1c(Cl)ccc(F)c1Cl. The van der Waals surface area contributed by atoms with Crippen molar-refractivity contribution in [1.82, 2.24) is 4.98 Å². The Morgan fingerprint density at radius 3 is 2.69 bits per heavy atom. The first-order valence-corrected chi connectivity index (χ1v) is 11.4. The maximum atomic E-state index is 14.0. The number of pyridine rings is 1. The van der Waals surface area contributed by atoms with E-state index in [2.05, 4.69) is 4.98 Å². The summed E-state index contributed by atoms with van der Waals surface area (Å²) in [7, 11) is 0. The molecular formula is C24H19Cl2FN4O4. The van der Waals surface area contributed by atoms with Crippen LogP contribution in [0.25, 0.3) is 16.5 Å². The molecule has 11 heteroatoms. The van der Waals surface area contributed by atoms with E-state index in [1.54, 1.807) is 24.3 Å². The molecule has 1 aliphatic heterocycles. The Bertz CT molecular complexity index is 1590. The third-order valence-corrected chi connectivity index (χ3v) is 6.89. The summed E-state index contributed by atoms with van der Waals surface area (Å²) < 4.78 is 25.9. The van der Waals surface area contributed by atoms with Crippen LogP contribution in [-0.4, -0.2) is 18.1 Å².